The van der Waals surface area contributed by atoms with Crippen LogP contribution in [0.15, 0.2) is 41.3 Å². The van der Waals surface area contributed by atoms with Crippen LogP contribution in [0.25, 0.3) is 11.0 Å². The first-order chi connectivity index (χ1) is 12.1. The fourth-order valence-corrected chi connectivity index (χ4v) is 3.27. The van der Waals surface area contributed by atoms with Gasteiger partial charge in [-0.25, -0.2) is 9.36 Å². The van der Waals surface area contributed by atoms with Crippen LogP contribution in [-0.4, -0.2) is 48.7 Å². The summed E-state index contributed by atoms with van der Waals surface area (Å²) in [7, 11) is 1.73. The Morgan fingerprint density at radius 3 is 2.88 bits per heavy atom. The molecule has 3 heterocycles. The maximum Gasteiger partial charge on any atom is 0.280 e. The molecular formula is C17H18N6O2. The van der Waals surface area contributed by atoms with Crippen LogP contribution in [-0.2, 0) is 13.6 Å². The zero-order valence-corrected chi connectivity index (χ0v) is 13.9. The molecule has 1 fully saturated rings. The number of benzene rings is 1. The van der Waals surface area contributed by atoms with Crippen molar-refractivity contribution in [1.82, 2.24) is 29.7 Å². The van der Waals surface area contributed by atoms with Crippen molar-refractivity contribution in [2.75, 3.05) is 13.1 Å². The lowest BCUT2D eigenvalue weighted by atomic mass is 10.1. The largest absolute Gasteiger partial charge is 0.338 e. The summed E-state index contributed by atoms with van der Waals surface area (Å²) in [6.45, 7) is 1.76. The van der Waals surface area contributed by atoms with Crippen molar-refractivity contribution >= 4 is 16.9 Å². The number of aromatic nitrogens is 5. The standard InChI is InChI=1S/C17H18N6O2/c1-21-15-14(9-18-21)17(25)23(20-19-15)11-12-7-8-22(10-12)16(24)13-5-3-2-4-6-13/h2-6,9,12H,7-8,10-11H2,1H3. The monoisotopic (exact) mass is 338 g/mol. The summed E-state index contributed by atoms with van der Waals surface area (Å²) in [5, 5.41) is 12.6. The Morgan fingerprint density at radius 1 is 1.28 bits per heavy atom. The Bertz CT molecular complexity index is 978. The predicted octanol–water partition coefficient (Wildman–Crippen LogP) is 0.687. The van der Waals surface area contributed by atoms with E-state index in [2.05, 4.69) is 15.4 Å². The van der Waals surface area contributed by atoms with Gasteiger partial charge in [-0.05, 0) is 24.5 Å². The van der Waals surface area contributed by atoms with Gasteiger partial charge < -0.3 is 4.90 Å². The molecule has 8 heteroatoms. The minimum Gasteiger partial charge on any atom is -0.338 e. The lowest BCUT2D eigenvalue weighted by molar-refractivity contribution is 0.0785. The Morgan fingerprint density at radius 2 is 2.08 bits per heavy atom. The molecule has 1 aliphatic rings. The lowest BCUT2D eigenvalue weighted by Crippen LogP contribution is -2.31. The molecule has 1 amide bonds. The molecule has 1 saturated heterocycles. The van der Waals surface area contributed by atoms with Crippen molar-refractivity contribution in [3.63, 3.8) is 0 Å². The van der Waals surface area contributed by atoms with Crippen molar-refractivity contribution in [3.05, 3.63) is 52.4 Å². The van der Waals surface area contributed by atoms with Crippen LogP contribution in [0.4, 0.5) is 0 Å². The fraction of sp³-hybridized carbons (Fsp3) is 0.353. The molecule has 0 bridgehead atoms. The Kier molecular flexibility index (Phi) is 3.79. The van der Waals surface area contributed by atoms with E-state index in [1.165, 1.54) is 15.6 Å². The molecule has 2 aromatic heterocycles. The van der Waals surface area contributed by atoms with Gasteiger partial charge in [-0.15, -0.1) is 5.10 Å². The number of rotatable bonds is 3. The van der Waals surface area contributed by atoms with Crippen molar-refractivity contribution in [1.29, 1.82) is 0 Å². The Labute approximate surface area is 143 Å². The average Bonchev–Trinajstić information content (AvgIpc) is 3.25. The highest BCUT2D eigenvalue weighted by atomic mass is 16.2. The molecule has 4 rings (SSSR count). The van der Waals surface area contributed by atoms with Crippen LogP contribution < -0.4 is 5.56 Å². The number of carbonyl (C=O) groups excluding carboxylic acids is 1. The van der Waals surface area contributed by atoms with Crippen molar-refractivity contribution < 1.29 is 4.79 Å². The van der Waals surface area contributed by atoms with E-state index in [0.717, 1.165) is 6.42 Å². The molecule has 1 atom stereocenters. The zero-order chi connectivity index (χ0) is 17.4. The van der Waals surface area contributed by atoms with E-state index in [9.17, 15) is 9.59 Å². The average molecular weight is 338 g/mol. The van der Waals surface area contributed by atoms with Crippen molar-refractivity contribution in [3.8, 4) is 0 Å². The van der Waals surface area contributed by atoms with Crippen LogP contribution in [0.3, 0.4) is 0 Å². The molecule has 0 aliphatic carbocycles. The number of aryl methyl sites for hydroxylation is 1. The number of hydrogen-bond donors (Lipinski definition) is 0. The minimum atomic E-state index is -0.189. The highest BCUT2D eigenvalue weighted by molar-refractivity contribution is 5.94. The van der Waals surface area contributed by atoms with Gasteiger partial charge >= 0.3 is 0 Å². The molecule has 0 saturated carbocycles. The van der Waals surface area contributed by atoms with Crippen LogP contribution in [0.5, 0.6) is 0 Å². The summed E-state index contributed by atoms with van der Waals surface area (Å²) >= 11 is 0. The van der Waals surface area contributed by atoms with Crippen LogP contribution >= 0.6 is 0 Å². The second kappa shape index (κ2) is 6.12. The smallest absolute Gasteiger partial charge is 0.280 e. The Balaban J connectivity index is 1.49. The first kappa shape index (κ1) is 15.5. The summed E-state index contributed by atoms with van der Waals surface area (Å²) < 4.78 is 2.91. The van der Waals surface area contributed by atoms with Gasteiger partial charge in [0.2, 0.25) is 0 Å². The third-order valence-electron chi connectivity index (χ3n) is 4.64. The highest BCUT2D eigenvalue weighted by Crippen LogP contribution is 2.20. The van der Waals surface area contributed by atoms with E-state index in [1.54, 1.807) is 7.05 Å². The van der Waals surface area contributed by atoms with E-state index in [-0.39, 0.29) is 17.4 Å². The first-order valence-corrected chi connectivity index (χ1v) is 8.23. The maximum atomic E-state index is 12.5. The summed E-state index contributed by atoms with van der Waals surface area (Å²) in [4.78, 5) is 26.8. The van der Waals surface area contributed by atoms with E-state index >= 15 is 0 Å². The van der Waals surface area contributed by atoms with E-state index in [4.69, 9.17) is 0 Å². The molecule has 128 valence electrons. The first-order valence-electron chi connectivity index (χ1n) is 8.23. The quantitative estimate of drug-likeness (QED) is 0.701. The molecule has 0 N–H and O–H groups in total. The van der Waals surface area contributed by atoms with Crippen LogP contribution in [0.2, 0.25) is 0 Å². The van der Waals surface area contributed by atoms with Gasteiger partial charge in [0.1, 0.15) is 5.39 Å². The molecule has 3 aromatic rings. The van der Waals surface area contributed by atoms with Gasteiger partial charge in [-0.3, -0.25) is 9.59 Å². The van der Waals surface area contributed by atoms with E-state index in [0.29, 0.717) is 36.2 Å². The van der Waals surface area contributed by atoms with Crippen LogP contribution in [0, 0.1) is 5.92 Å². The number of likely N-dealkylation sites (tertiary alicyclic amines) is 1. The highest BCUT2D eigenvalue weighted by Gasteiger charge is 2.28. The lowest BCUT2D eigenvalue weighted by Gasteiger charge is -2.16. The topological polar surface area (TPSA) is 85.9 Å². The van der Waals surface area contributed by atoms with Gasteiger partial charge in [-0.2, -0.15) is 5.10 Å². The molecule has 8 nitrogen and oxygen atoms in total. The maximum absolute atomic E-state index is 12.5. The molecule has 1 unspecified atom stereocenters. The predicted molar refractivity (Wildman–Crippen MR) is 91.0 cm³/mol. The third kappa shape index (κ3) is 2.79. The number of amides is 1. The number of fused-ring (bicyclic) bond motifs is 1. The molecule has 0 radical (unpaired) electrons. The number of nitrogens with zero attached hydrogens (tertiary/aromatic N) is 6. The second-order valence-electron chi connectivity index (χ2n) is 6.35. The minimum absolute atomic E-state index is 0.0317. The van der Waals surface area contributed by atoms with Gasteiger partial charge in [0.15, 0.2) is 5.65 Å². The fourth-order valence-electron chi connectivity index (χ4n) is 3.27. The normalized spacial score (nSPS) is 17.3. The SMILES string of the molecule is Cn1ncc2c(=O)n(CC3CCN(C(=O)c4ccccc4)C3)nnc21. The second-order valence-corrected chi connectivity index (χ2v) is 6.35. The summed E-state index contributed by atoms with van der Waals surface area (Å²) in [6.07, 6.45) is 2.36. The zero-order valence-electron chi connectivity index (χ0n) is 13.9. The van der Waals surface area contributed by atoms with Crippen LogP contribution in [0.1, 0.15) is 16.8 Å². The molecule has 1 aromatic carbocycles. The molecule has 1 aliphatic heterocycles. The Hall–Kier alpha value is -3.03. The molecular weight excluding hydrogens is 320 g/mol. The summed E-state index contributed by atoms with van der Waals surface area (Å²) in [5.74, 6) is 0.220. The summed E-state index contributed by atoms with van der Waals surface area (Å²) in [5.41, 5.74) is 0.983. The number of hydrogen-bond acceptors (Lipinski definition) is 5. The van der Waals surface area contributed by atoms with Gasteiger partial charge in [0.25, 0.3) is 11.5 Å². The number of carbonyl (C=O) groups is 1. The van der Waals surface area contributed by atoms with Gasteiger partial charge in [-0.1, -0.05) is 23.4 Å². The summed E-state index contributed by atoms with van der Waals surface area (Å²) in [6, 6.07) is 9.26. The molecule has 0 spiro atoms. The van der Waals surface area contributed by atoms with Gasteiger partial charge in [0.05, 0.1) is 12.7 Å². The van der Waals surface area contributed by atoms with Crippen molar-refractivity contribution in [2.24, 2.45) is 13.0 Å². The third-order valence-corrected chi connectivity index (χ3v) is 4.64. The van der Waals surface area contributed by atoms with E-state index < -0.39 is 0 Å². The van der Waals surface area contributed by atoms with Gasteiger partial charge in [0, 0.05) is 25.7 Å². The molecule has 25 heavy (non-hydrogen) atoms. The van der Waals surface area contributed by atoms with Crippen molar-refractivity contribution in [2.45, 2.75) is 13.0 Å². The van der Waals surface area contributed by atoms with E-state index in [1.807, 2.05) is 35.2 Å².